The van der Waals surface area contributed by atoms with Crippen LogP contribution in [-0.4, -0.2) is 38.8 Å². The van der Waals surface area contributed by atoms with E-state index in [2.05, 4.69) is 27.7 Å². The molecule has 2 nitrogen and oxygen atoms in total. The van der Waals surface area contributed by atoms with E-state index in [1.807, 2.05) is 6.92 Å². The number of allylic oxidation sites excluding steroid dienone is 1. The highest BCUT2D eigenvalue weighted by atomic mass is 16.5. The lowest BCUT2D eigenvalue weighted by molar-refractivity contribution is -0.870. The van der Waals surface area contributed by atoms with Crippen LogP contribution in [0.25, 0.3) is 0 Å². The molecule has 0 saturated heterocycles. The van der Waals surface area contributed by atoms with Gasteiger partial charge in [0.2, 0.25) is 0 Å². The molecule has 10 heavy (non-hydrogen) atoms. The van der Waals surface area contributed by atoms with Crippen molar-refractivity contribution in [2.45, 2.75) is 6.92 Å². The average Bonchev–Trinajstić information content (AvgIpc) is 1.59. The van der Waals surface area contributed by atoms with Gasteiger partial charge in [-0.25, -0.2) is 0 Å². The van der Waals surface area contributed by atoms with Crippen LogP contribution in [0.15, 0.2) is 12.3 Å². The van der Waals surface area contributed by atoms with Crippen LogP contribution in [0.5, 0.6) is 0 Å². The minimum atomic E-state index is 0.763. The van der Waals surface area contributed by atoms with Crippen molar-refractivity contribution in [3.05, 3.63) is 12.3 Å². The summed E-state index contributed by atoms with van der Waals surface area (Å²) in [5.41, 5.74) is 0. The number of hydrogen-bond donors (Lipinski definition) is 0. The van der Waals surface area contributed by atoms with E-state index in [4.69, 9.17) is 4.74 Å². The Morgan fingerprint density at radius 1 is 1.40 bits per heavy atom. The molecule has 0 rings (SSSR count). The van der Waals surface area contributed by atoms with Gasteiger partial charge in [-0.05, 0) is 6.92 Å². The van der Waals surface area contributed by atoms with Crippen LogP contribution in [0.1, 0.15) is 6.92 Å². The van der Waals surface area contributed by atoms with Gasteiger partial charge in [-0.3, -0.25) is 0 Å². The normalized spacial score (nSPS) is 11.2. The highest BCUT2D eigenvalue weighted by Crippen LogP contribution is 1.93. The van der Waals surface area contributed by atoms with E-state index in [9.17, 15) is 0 Å². The zero-order valence-electron chi connectivity index (χ0n) is 7.48. The molecular weight excluding hydrogens is 126 g/mol. The fourth-order valence-corrected chi connectivity index (χ4v) is 0.494. The van der Waals surface area contributed by atoms with Crippen molar-refractivity contribution in [2.24, 2.45) is 0 Å². The first-order valence-electron chi connectivity index (χ1n) is 3.50. The van der Waals surface area contributed by atoms with E-state index < -0.39 is 0 Å². The van der Waals surface area contributed by atoms with Crippen molar-refractivity contribution in [1.29, 1.82) is 0 Å². The van der Waals surface area contributed by atoms with E-state index in [0.29, 0.717) is 0 Å². The van der Waals surface area contributed by atoms with Gasteiger partial charge in [-0.2, -0.15) is 0 Å². The quantitative estimate of drug-likeness (QED) is 0.426. The Bertz CT molecular complexity index is 113. The maximum absolute atomic E-state index is 5.21. The Labute approximate surface area is 63.7 Å². The van der Waals surface area contributed by atoms with Crippen molar-refractivity contribution >= 4 is 0 Å². The molecule has 0 aromatic carbocycles. The zero-order valence-corrected chi connectivity index (χ0v) is 7.48. The second-order valence-electron chi connectivity index (χ2n) is 3.56. The number of ether oxygens (including phenoxy) is 1. The molecule has 2 heteroatoms. The minimum absolute atomic E-state index is 0.763. The van der Waals surface area contributed by atoms with Crippen molar-refractivity contribution < 1.29 is 9.22 Å². The maximum Gasteiger partial charge on any atom is 0.137 e. The Balaban J connectivity index is 3.29. The fourth-order valence-electron chi connectivity index (χ4n) is 0.494. The lowest BCUT2D eigenvalue weighted by Crippen LogP contribution is -2.37. The molecule has 0 saturated carbocycles. The van der Waals surface area contributed by atoms with Crippen molar-refractivity contribution in [3.8, 4) is 0 Å². The van der Waals surface area contributed by atoms with E-state index in [1.54, 1.807) is 0 Å². The van der Waals surface area contributed by atoms with Gasteiger partial charge in [-0.1, -0.05) is 6.58 Å². The standard InChI is InChI=1S/C8H18NO/c1-8(2)10-7-6-9(3,4)5/h1,6-7H2,2-5H3/q+1. The molecule has 0 radical (unpaired) electrons. The van der Waals surface area contributed by atoms with Crippen molar-refractivity contribution in [3.63, 3.8) is 0 Å². The molecule has 0 unspecified atom stereocenters. The lowest BCUT2D eigenvalue weighted by atomic mass is 10.5. The number of nitrogens with zero attached hydrogens (tertiary/aromatic N) is 1. The van der Waals surface area contributed by atoms with E-state index >= 15 is 0 Å². The van der Waals surface area contributed by atoms with Crippen LogP contribution in [0.3, 0.4) is 0 Å². The molecule has 0 aromatic heterocycles. The SMILES string of the molecule is C=C(C)OCC[N+](C)(C)C. The maximum atomic E-state index is 5.21. The largest absolute Gasteiger partial charge is 0.493 e. The summed E-state index contributed by atoms with van der Waals surface area (Å²) < 4.78 is 6.15. The van der Waals surface area contributed by atoms with Gasteiger partial charge in [-0.15, -0.1) is 0 Å². The molecule has 0 aliphatic carbocycles. The molecule has 0 atom stereocenters. The molecule has 0 aliphatic rings. The Morgan fingerprint density at radius 2 is 1.90 bits per heavy atom. The summed E-state index contributed by atoms with van der Waals surface area (Å²) in [5, 5.41) is 0. The van der Waals surface area contributed by atoms with Gasteiger partial charge in [0.15, 0.2) is 0 Å². The first-order chi connectivity index (χ1) is 4.42. The van der Waals surface area contributed by atoms with Crippen LogP contribution in [0.2, 0.25) is 0 Å². The molecule has 0 heterocycles. The predicted octanol–water partition coefficient (Wildman–Crippen LogP) is 1.24. The van der Waals surface area contributed by atoms with Gasteiger partial charge in [0, 0.05) is 0 Å². The molecule has 0 bridgehead atoms. The fraction of sp³-hybridized carbons (Fsp3) is 0.750. The molecule has 0 fully saturated rings. The first kappa shape index (κ1) is 9.50. The smallest absolute Gasteiger partial charge is 0.137 e. The van der Waals surface area contributed by atoms with Gasteiger partial charge < -0.3 is 9.22 Å². The third kappa shape index (κ3) is 7.50. The third-order valence-corrected chi connectivity index (χ3v) is 1.11. The molecular formula is C8H18NO+. The average molecular weight is 144 g/mol. The van der Waals surface area contributed by atoms with Crippen molar-refractivity contribution in [1.82, 2.24) is 0 Å². The number of hydrogen-bond acceptors (Lipinski definition) is 1. The van der Waals surface area contributed by atoms with Gasteiger partial charge >= 0.3 is 0 Å². The highest BCUT2D eigenvalue weighted by molar-refractivity contribution is 4.72. The molecule has 0 amide bonds. The summed E-state index contributed by atoms with van der Waals surface area (Å²) in [6.45, 7) is 7.30. The number of likely N-dealkylation sites (N-methyl/N-ethyl adjacent to an activating group) is 1. The molecule has 60 valence electrons. The summed E-state index contributed by atoms with van der Waals surface area (Å²) in [7, 11) is 6.42. The molecule has 0 aliphatic heterocycles. The topological polar surface area (TPSA) is 9.23 Å². The lowest BCUT2D eigenvalue weighted by Gasteiger charge is -2.23. The van der Waals surface area contributed by atoms with Crippen molar-refractivity contribution in [2.75, 3.05) is 34.3 Å². The Hall–Kier alpha value is -0.500. The third-order valence-electron chi connectivity index (χ3n) is 1.11. The second kappa shape index (κ2) is 3.62. The summed E-state index contributed by atoms with van der Waals surface area (Å²) in [5.74, 6) is 0.799. The monoisotopic (exact) mass is 144 g/mol. The summed E-state index contributed by atoms with van der Waals surface area (Å²) in [4.78, 5) is 0. The highest BCUT2D eigenvalue weighted by Gasteiger charge is 2.05. The van der Waals surface area contributed by atoms with Crippen LogP contribution in [0, 0.1) is 0 Å². The van der Waals surface area contributed by atoms with Gasteiger partial charge in [0.1, 0.15) is 13.2 Å². The van der Waals surface area contributed by atoms with Crippen LogP contribution < -0.4 is 0 Å². The minimum Gasteiger partial charge on any atom is -0.493 e. The van der Waals surface area contributed by atoms with E-state index in [1.165, 1.54) is 0 Å². The molecule has 0 aromatic rings. The summed E-state index contributed by atoms with van der Waals surface area (Å²) >= 11 is 0. The first-order valence-corrected chi connectivity index (χ1v) is 3.50. The van der Waals surface area contributed by atoms with Gasteiger partial charge in [0.05, 0.1) is 26.9 Å². The van der Waals surface area contributed by atoms with Crippen LogP contribution >= 0.6 is 0 Å². The Kier molecular flexibility index (Phi) is 3.43. The van der Waals surface area contributed by atoms with Crippen LogP contribution in [0.4, 0.5) is 0 Å². The summed E-state index contributed by atoms with van der Waals surface area (Å²) in [6, 6.07) is 0. The number of quaternary nitrogens is 1. The van der Waals surface area contributed by atoms with E-state index in [-0.39, 0.29) is 0 Å². The van der Waals surface area contributed by atoms with E-state index in [0.717, 1.165) is 23.4 Å². The van der Waals surface area contributed by atoms with Gasteiger partial charge in [0.25, 0.3) is 0 Å². The zero-order chi connectivity index (χ0) is 8.20. The summed E-state index contributed by atoms with van der Waals surface area (Å²) in [6.07, 6.45) is 0. The van der Waals surface area contributed by atoms with Crippen LogP contribution in [-0.2, 0) is 4.74 Å². The second-order valence-corrected chi connectivity index (χ2v) is 3.56. The Morgan fingerprint density at radius 3 is 2.20 bits per heavy atom. The predicted molar refractivity (Wildman–Crippen MR) is 43.7 cm³/mol. The molecule has 0 N–H and O–H groups in total. The number of rotatable bonds is 4. The molecule has 0 spiro atoms.